The van der Waals surface area contributed by atoms with Crippen molar-refractivity contribution in [3.05, 3.63) is 0 Å². The fourth-order valence-corrected chi connectivity index (χ4v) is 0.567. The molecule has 0 aliphatic rings. The van der Waals surface area contributed by atoms with Crippen LogP contribution in [0.15, 0.2) is 0 Å². The smallest absolute Gasteiger partial charge is 0.161 e. The number of Topliss-reactive ketones (excluding diaryl/α,β-unsaturated/α-hetero) is 1. The fourth-order valence-electron chi connectivity index (χ4n) is 0.567. The molecular weight excluding hydrogens is 118 g/mol. The number of hydrogen-bond acceptors (Lipinski definition) is 3. The Hall–Kier alpha value is -0.410. The van der Waals surface area contributed by atoms with Crippen LogP contribution in [0.25, 0.3) is 0 Å². The first-order valence-corrected chi connectivity index (χ1v) is 3.06. The summed E-state index contributed by atoms with van der Waals surface area (Å²) in [6.45, 7) is 1.92. The number of rotatable bonds is 4. The Bertz CT molecular complexity index is 93.1. The van der Waals surface area contributed by atoms with Gasteiger partial charge in [-0.15, -0.1) is 0 Å². The number of ketones is 1. The summed E-state index contributed by atoms with van der Waals surface area (Å²) in [7, 11) is 0. The van der Waals surface area contributed by atoms with Crippen LogP contribution in [0.4, 0.5) is 0 Å². The average molecular weight is 131 g/mol. The number of carbonyl (C=O) groups excluding carboxylic acids is 1. The topological polar surface area (TPSA) is 63.3 Å². The standard InChI is InChI=1S/C6H13NO2/c1-5(2-3-7)6(9)4-8/h5,8H,2-4,7H2,1H3/t5-/m0/s1. The summed E-state index contributed by atoms with van der Waals surface area (Å²) in [4.78, 5) is 10.6. The minimum Gasteiger partial charge on any atom is -0.389 e. The van der Waals surface area contributed by atoms with Gasteiger partial charge in [-0.25, -0.2) is 0 Å². The van der Waals surface area contributed by atoms with Gasteiger partial charge in [0.25, 0.3) is 0 Å². The number of aliphatic hydroxyl groups excluding tert-OH is 1. The van der Waals surface area contributed by atoms with Gasteiger partial charge in [0, 0.05) is 5.92 Å². The summed E-state index contributed by atoms with van der Waals surface area (Å²) in [6, 6.07) is 0. The van der Waals surface area contributed by atoms with Gasteiger partial charge in [0.1, 0.15) is 6.61 Å². The van der Waals surface area contributed by atoms with Crippen LogP contribution in [0.2, 0.25) is 0 Å². The second-order valence-corrected chi connectivity index (χ2v) is 2.10. The molecule has 0 spiro atoms. The van der Waals surface area contributed by atoms with E-state index in [0.29, 0.717) is 13.0 Å². The quantitative estimate of drug-likeness (QED) is 0.542. The Morgan fingerprint density at radius 3 is 2.67 bits per heavy atom. The van der Waals surface area contributed by atoms with Crippen LogP contribution in [-0.2, 0) is 4.79 Å². The SMILES string of the molecule is C[C@@H](CCN)C(=O)CO. The van der Waals surface area contributed by atoms with Crippen molar-refractivity contribution in [3.8, 4) is 0 Å². The lowest BCUT2D eigenvalue weighted by Gasteiger charge is -2.04. The molecule has 0 aromatic heterocycles. The van der Waals surface area contributed by atoms with E-state index in [1.807, 2.05) is 0 Å². The van der Waals surface area contributed by atoms with E-state index in [9.17, 15) is 4.79 Å². The van der Waals surface area contributed by atoms with Gasteiger partial charge in [-0.2, -0.15) is 0 Å². The number of hydrogen-bond donors (Lipinski definition) is 2. The van der Waals surface area contributed by atoms with Gasteiger partial charge in [-0.3, -0.25) is 4.79 Å². The van der Waals surface area contributed by atoms with Crippen molar-refractivity contribution in [1.29, 1.82) is 0 Å². The number of aliphatic hydroxyl groups is 1. The van der Waals surface area contributed by atoms with Crippen LogP contribution in [0.5, 0.6) is 0 Å². The maximum absolute atomic E-state index is 10.6. The van der Waals surface area contributed by atoms with Crippen molar-refractivity contribution in [2.24, 2.45) is 11.7 Å². The molecule has 1 atom stereocenters. The zero-order valence-electron chi connectivity index (χ0n) is 5.63. The average Bonchev–Trinajstić information content (AvgIpc) is 1.87. The van der Waals surface area contributed by atoms with Crippen LogP contribution in [-0.4, -0.2) is 24.0 Å². The lowest BCUT2D eigenvalue weighted by Crippen LogP contribution is -2.18. The Morgan fingerprint density at radius 2 is 2.33 bits per heavy atom. The molecule has 0 heterocycles. The lowest BCUT2D eigenvalue weighted by atomic mass is 10.0. The monoisotopic (exact) mass is 131 g/mol. The first-order valence-electron chi connectivity index (χ1n) is 3.06. The summed E-state index contributed by atoms with van der Waals surface area (Å²) in [5.41, 5.74) is 5.19. The molecule has 54 valence electrons. The summed E-state index contributed by atoms with van der Waals surface area (Å²) < 4.78 is 0. The molecule has 3 N–H and O–H groups in total. The van der Waals surface area contributed by atoms with E-state index in [-0.39, 0.29) is 18.3 Å². The Balaban J connectivity index is 3.45. The highest BCUT2D eigenvalue weighted by Gasteiger charge is 2.08. The first-order chi connectivity index (χ1) is 4.22. The summed E-state index contributed by atoms with van der Waals surface area (Å²) in [5.74, 6) is -0.208. The van der Waals surface area contributed by atoms with Crippen LogP contribution >= 0.6 is 0 Å². The molecule has 0 unspecified atom stereocenters. The number of carbonyl (C=O) groups is 1. The highest BCUT2D eigenvalue weighted by Crippen LogP contribution is 1.99. The second-order valence-electron chi connectivity index (χ2n) is 2.10. The molecule has 0 aromatic rings. The van der Waals surface area contributed by atoms with Gasteiger partial charge in [0.2, 0.25) is 0 Å². The van der Waals surface area contributed by atoms with E-state index in [4.69, 9.17) is 10.8 Å². The predicted molar refractivity (Wildman–Crippen MR) is 34.9 cm³/mol. The Labute approximate surface area is 54.9 Å². The molecule has 0 aliphatic carbocycles. The highest BCUT2D eigenvalue weighted by atomic mass is 16.3. The van der Waals surface area contributed by atoms with Gasteiger partial charge in [0.15, 0.2) is 5.78 Å². The lowest BCUT2D eigenvalue weighted by molar-refractivity contribution is -0.125. The van der Waals surface area contributed by atoms with Crippen LogP contribution in [0.3, 0.4) is 0 Å². The van der Waals surface area contributed by atoms with Crippen LogP contribution in [0.1, 0.15) is 13.3 Å². The van der Waals surface area contributed by atoms with Gasteiger partial charge in [0.05, 0.1) is 0 Å². The van der Waals surface area contributed by atoms with E-state index in [2.05, 4.69) is 0 Å². The van der Waals surface area contributed by atoms with Crippen molar-refractivity contribution in [2.75, 3.05) is 13.2 Å². The number of nitrogens with two attached hydrogens (primary N) is 1. The molecular formula is C6H13NO2. The van der Waals surface area contributed by atoms with Gasteiger partial charge >= 0.3 is 0 Å². The summed E-state index contributed by atoms with van der Waals surface area (Å²) in [6.07, 6.45) is 0.666. The highest BCUT2D eigenvalue weighted by molar-refractivity contribution is 5.81. The Morgan fingerprint density at radius 1 is 1.78 bits per heavy atom. The maximum atomic E-state index is 10.6. The van der Waals surface area contributed by atoms with Gasteiger partial charge in [-0.1, -0.05) is 6.92 Å². The molecule has 0 amide bonds. The first kappa shape index (κ1) is 8.59. The molecule has 0 radical (unpaired) electrons. The molecule has 0 saturated heterocycles. The van der Waals surface area contributed by atoms with Gasteiger partial charge < -0.3 is 10.8 Å². The van der Waals surface area contributed by atoms with Crippen molar-refractivity contribution >= 4 is 5.78 Å². The minimum absolute atomic E-state index is 0.0833. The fraction of sp³-hybridized carbons (Fsp3) is 0.833. The van der Waals surface area contributed by atoms with E-state index in [1.54, 1.807) is 6.92 Å². The van der Waals surface area contributed by atoms with Crippen molar-refractivity contribution < 1.29 is 9.90 Å². The third kappa shape index (κ3) is 3.21. The van der Waals surface area contributed by atoms with Crippen LogP contribution in [0, 0.1) is 5.92 Å². The minimum atomic E-state index is -0.360. The summed E-state index contributed by atoms with van der Waals surface area (Å²) in [5, 5.41) is 8.34. The van der Waals surface area contributed by atoms with Crippen molar-refractivity contribution in [2.45, 2.75) is 13.3 Å². The van der Waals surface area contributed by atoms with Crippen molar-refractivity contribution in [3.63, 3.8) is 0 Å². The molecule has 3 nitrogen and oxygen atoms in total. The van der Waals surface area contributed by atoms with E-state index >= 15 is 0 Å². The third-order valence-corrected chi connectivity index (χ3v) is 1.31. The molecule has 0 bridgehead atoms. The Kier molecular flexibility index (Phi) is 4.26. The zero-order valence-corrected chi connectivity index (χ0v) is 5.63. The molecule has 0 fully saturated rings. The normalized spacial score (nSPS) is 13.2. The van der Waals surface area contributed by atoms with E-state index < -0.39 is 0 Å². The molecule has 9 heavy (non-hydrogen) atoms. The maximum Gasteiger partial charge on any atom is 0.161 e. The molecule has 0 rings (SSSR count). The summed E-state index contributed by atoms with van der Waals surface area (Å²) >= 11 is 0. The predicted octanol–water partition coefficient (Wildman–Crippen LogP) is -0.467. The van der Waals surface area contributed by atoms with Gasteiger partial charge in [-0.05, 0) is 13.0 Å². The van der Waals surface area contributed by atoms with Crippen molar-refractivity contribution in [1.82, 2.24) is 0 Å². The third-order valence-electron chi connectivity index (χ3n) is 1.31. The second kappa shape index (κ2) is 4.47. The largest absolute Gasteiger partial charge is 0.389 e. The van der Waals surface area contributed by atoms with E-state index in [0.717, 1.165) is 0 Å². The zero-order chi connectivity index (χ0) is 7.28. The van der Waals surface area contributed by atoms with E-state index in [1.165, 1.54) is 0 Å². The molecule has 0 saturated carbocycles. The molecule has 3 heteroatoms. The molecule has 0 aromatic carbocycles. The molecule has 0 aliphatic heterocycles. The van der Waals surface area contributed by atoms with Crippen LogP contribution < -0.4 is 5.73 Å².